The lowest BCUT2D eigenvalue weighted by atomic mass is 9.87. The predicted octanol–water partition coefficient (Wildman–Crippen LogP) is 2.72. The summed E-state index contributed by atoms with van der Waals surface area (Å²) in [4.78, 5) is 20.5. The van der Waals surface area contributed by atoms with Crippen LogP contribution in [0.5, 0.6) is 5.75 Å². The monoisotopic (exact) mass is 469 g/mol. The van der Waals surface area contributed by atoms with Crippen LogP contribution in [0.25, 0.3) is 10.2 Å². The lowest BCUT2D eigenvalue weighted by molar-refractivity contribution is 0.0731. The smallest absolute Gasteiger partial charge is 0.253 e. The van der Waals surface area contributed by atoms with Crippen molar-refractivity contribution in [1.29, 1.82) is 0 Å². The topological polar surface area (TPSA) is 99.9 Å². The normalized spacial score (nSPS) is 19.4. The molecule has 3 heterocycles. The minimum atomic E-state index is -0.0634. The summed E-state index contributed by atoms with van der Waals surface area (Å²) in [6.45, 7) is 3.28. The summed E-state index contributed by atoms with van der Waals surface area (Å²) in [5, 5.41) is 17.0. The highest BCUT2D eigenvalue weighted by Gasteiger charge is 2.40. The maximum atomic E-state index is 12.9. The molecule has 2 N–H and O–H groups in total. The summed E-state index contributed by atoms with van der Waals surface area (Å²) in [6.07, 6.45) is 0. The van der Waals surface area contributed by atoms with Crippen molar-refractivity contribution < 1.29 is 14.6 Å². The van der Waals surface area contributed by atoms with Crippen LogP contribution in [0.3, 0.4) is 0 Å². The van der Waals surface area contributed by atoms with Gasteiger partial charge in [-0.1, -0.05) is 10.6 Å². The minimum Gasteiger partial charge on any atom is -0.496 e. The number of aliphatic imine (C=N–C) groups is 1. The molecule has 166 valence electrons. The number of aliphatic hydroxyl groups is 1. The fraction of sp³-hybridized carbons (Fsp3) is 0.364. The number of benzene rings is 2. The second-order valence-electron chi connectivity index (χ2n) is 7.58. The first-order chi connectivity index (χ1) is 15.6. The SMILES string of the molecule is CCN(CCO)C(=O)c1ccc2c(c1)SC1NCN=C(c3cc4snnc4cc3OC)C21. The van der Waals surface area contributed by atoms with E-state index < -0.39 is 0 Å². The number of ether oxygens (including phenoxy) is 1. The molecule has 0 spiro atoms. The molecule has 0 radical (unpaired) electrons. The molecule has 8 nitrogen and oxygen atoms in total. The largest absolute Gasteiger partial charge is 0.496 e. The van der Waals surface area contributed by atoms with Gasteiger partial charge in [0.15, 0.2) is 0 Å². The summed E-state index contributed by atoms with van der Waals surface area (Å²) >= 11 is 3.08. The Balaban J connectivity index is 1.53. The summed E-state index contributed by atoms with van der Waals surface area (Å²) in [5.41, 5.74) is 4.53. The number of aromatic nitrogens is 2. The number of fused-ring (bicyclic) bond motifs is 4. The molecular weight excluding hydrogens is 446 g/mol. The Morgan fingerprint density at radius 1 is 1.34 bits per heavy atom. The van der Waals surface area contributed by atoms with Crippen molar-refractivity contribution in [3.05, 3.63) is 47.0 Å². The van der Waals surface area contributed by atoms with Crippen LogP contribution in [0.2, 0.25) is 0 Å². The molecule has 2 unspecified atom stereocenters. The molecule has 5 rings (SSSR count). The van der Waals surface area contributed by atoms with Crippen molar-refractivity contribution >= 4 is 45.1 Å². The van der Waals surface area contributed by atoms with Gasteiger partial charge in [0.2, 0.25) is 0 Å². The molecule has 2 atom stereocenters. The van der Waals surface area contributed by atoms with E-state index in [1.807, 2.05) is 31.2 Å². The van der Waals surface area contributed by atoms with Gasteiger partial charge in [-0.05, 0) is 42.2 Å². The molecule has 10 heteroatoms. The van der Waals surface area contributed by atoms with E-state index in [2.05, 4.69) is 21.0 Å². The first-order valence-electron chi connectivity index (χ1n) is 10.4. The van der Waals surface area contributed by atoms with Gasteiger partial charge in [-0.3, -0.25) is 15.1 Å². The quantitative estimate of drug-likeness (QED) is 0.573. The number of hydrogen-bond donors (Lipinski definition) is 2. The zero-order chi connectivity index (χ0) is 22.2. The number of methoxy groups -OCH3 is 1. The molecule has 2 aliphatic rings. The van der Waals surface area contributed by atoms with E-state index in [1.165, 1.54) is 11.5 Å². The molecule has 32 heavy (non-hydrogen) atoms. The summed E-state index contributed by atoms with van der Waals surface area (Å²) in [6, 6.07) is 9.86. The number of nitrogens with zero attached hydrogens (tertiary/aromatic N) is 4. The number of aliphatic hydroxyl groups excluding tert-OH is 1. The number of nitrogens with one attached hydrogen (secondary N) is 1. The first-order valence-corrected chi connectivity index (χ1v) is 12.1. The number of rotatable bonds is 6. The van der Waals surface area contributed by atoms with Crippen molar-refractivity contribution in [2.45, 2.75) is 23.1 Å². The zero-order valence-electron chi connectivity index (χ0n) is 17.7. The molecule has 0 saturated heterocycles. The first kappa shape index (κ1) is 21.3. The third-order valence-electron chi connectivity index (χ3n) is 5.87. The van der Waals surface area contributed by atoms with E-state index >= 15 is 0 Å². The molecule has 0 fully saturated rings. The Bertz CT molecular complexity index is 1210. The second-order valence-corrected chi connectivity index (χ2v) is 9.54. The number of thioether (sulfide) groups is 1. The van der Waals surface area contributed by atoms with Crippen LogP contribution in [0.4, 0.5) is 0 Å². The summed E-state index contributed by atoms with van der Waals surface area (Å²) in [5.74, 6) is 0.712. The average molecular weight is 470 g/mol. The van der Waals surface area contributed by atoms with Crippen LogP contribution in [-0.2, 0) is 0 Å². The van der Waals surface area contributed by atoms with E-state index in [4.69, 9.17) is 9.73 Å². The third kappa shape index (κ3) is 3.57. The molecule has 0 saturated carbocycles. The maximum Gasteiger partial charge on any atom is 0.253 e. The van der Waals surface area contributed by atoms with Gasteiger partial charge in [-0.25, -0.2) is 0 Å². The molecular formula is C22H23N5O3S2. The third-order valence-corrected chi connectivity index (χ3v) is 7.86. The minimum absolute atomic E-state index is 0.0415. The van der Waals surface area contributed by atoms with Crippen LogP contribution in [-0.4, -0.2) is 70.1 Å². The molecule has 0 aliphatic carbocycles. The van der Waals surface area contributed by atoms with Gasteiger partial charge in [0.25, 0.3) is 5.91 Å². The fourth-order valence-corrected chi connectivity index (χ4v) is 6.25. The second kappa shape index (κ2) is 8.78. The lowest BCUT2D eigenvalue weighted by Gasteiger charge is -2.28. The zero-order valence-corrected chi connectivity index (χ0v) is 19.4. The predicted molar refractivity (Wildman–Crippen MR) is 126 cm³/mol. The number of carbonyl (C=O) groups is 1. The Morgan fingerprint density at radius 2 is 2.22 bits per heavy atom. The van der Waals surface area contributed by atoms with E-state index in [9.17, 15) is 9.90 Å². The Hall–Kier alpha value is -2.53. The van der Waals surface area contributed by atoms with Crippen molar-refractivity contribution in [2.75, 3.05) is 33.5 Å². The standard InChI is InChI=1S/C22H23N5O3S2/c1-3-27(6-7-28)22(29)12-4-5-13-17(8-12)31-21-19(13)20(23-11-24-21)14-9-18-15(25-26-32-18)10-16(14)30-2/h4-5,8-10,19,21,24,28H,3,6-7,11H2,1-2H3. The Kier molecular flexibility index (Phi) is 5.85. The van der Waals surface area contributed by atoms with Crippen LogP contribution >= 0.6 is 23.3 Å². The van der Waals surface area contributed by atoms with Gasteiger partial charge in [0.05, 0.1) is 42.1 Å². The van der Waals surface area contributed by atoms with Crippen molar-refractivity contribution in [3.8, 4) is 5.75 Å². The highest BCUT2D eigenvalue weighted by Crippen LogP contribution is 2.48. The van der Waals surface area contributed by atoms with Gasteiger partial charge >= 0.3 is 0 Å². The van der Waals surface area contributed by atoms with E-state index in [0.29, 0.717) is 25.3 Å². The van der Waals surface area contributed by atoms with Crippen LogP contribution in [0, 0.1) is 0 Å². The Morgan fingerprint density at radius 3 is 3.00 bits per heavy atom. The summed E-state index contributed by atoms with van der Waals surface area (Å²) in [7, 11) is 1.66. The van der Waals surface area contributed by atoms with Crippen molar-refractivity contribution in [1.82, 2.24) is 19.8 Å². The molecule has 2 aliphatic heterocycles. The molecule has 1 amide bonds. The van der Waals surface area contributed by atoms with Gasteiger partial charge < -0.3 is 14.7 Å². The molecule has 0 bridgehead atoms. The highest BCUT2D eigenvalue weighted by molar-refractivity contribution is 8.00. The van der Waals surface area contributed by atoms with E-state index in [0.717, 1.165) is 37.7 Å². The van der Waals surface area contributed by atoms with E-state index in [-0.39, 0.29) is 23.8 Å². The lowest BCUT2D eigenvalue weighted by Crippen LogP contribution is -2.38. The van der Waals surface area contributed by atoms with Crippen molar-refractivity contribution in [3.63, 3.8) is 0 Å². The number of likely N-dealkylation sites (N-methyl/N-ethyl adjacent to an activating group) is 1. The molecule has 2 aromatic carbocycles. The molecule has 3 aromatic rings. The van der Waals surface area contributed by atoms with Crippen molar-refractivity contribution in [2.24, 2.45) is 4.99 Å². The van der Waals surface area contributed by atoms with Gasteiger partial charge in [0, 0.05) is 35.2 Å². The number of amides is 1. The number of carbonyl (C=O) groups excluding carboxylic acids is 1. The van der Waals surface area contributed by atoms with E-state index in [1.54, 1.807) is 23.8 Å². The average Bonchev–Trinajstić information content (AvgIpc) is 3.44. The fourth-order valence-electron chi connectivity index (χ4n) is 4.30. The maximum absolute atomic E-state index is 12.9. The van der Waals surface area contributed by atoms with Gasteiger partial charge in [0.1, 0.15) is 11.3 Å². The van der Waals surface area contributed by atoms with Crippen LogP contribution in [0.1, 0.15) is 34.3 Å². The van der Waals surface area contributed by atoms with Gasteiger partial charge in [-0.2, -0.15) is 0 Å². The number of hydrogen-bond acceptors (Lipinski definition) is 9. The van der Waals surface area contributed by atoms with Crippen LogP contribution in [0.15, 0.2) is 40.2 Å². The molecule has 1 aromatic heterocycles. The Labute approximate surface area is 193 Å². The summed E-state index contributed by atoms with van der Waals surface area (Å²) < 4.78 is 10.7. The highest BCUT2D eigenvalue weighted by atomic mass is 32.2. The van der Waals surface area contributed by atoms with Crippen LogP contribution < -0.4 is 10.1 Å². The van der Waals surface area contributed by atoms with Gasteiger partial charge in [-0.15, -0.1) is 16.9 Å².